The van der Waals surface area contributed by atoms with E-state index >= 15 is 0 Å². The maximum atomic E-state index is 12.1. The number of anilines is 1. The molecule has 0 atom stereocenters. The van der Waals surface area contributed by atoms with Gasteiger partial charge in [-0.2, -0.15) is 0 Å². The molecular formula is C14H18N2O6. The highest BCUT2D eigenvalue weighted by molar-refractivity contribution is 6.08. The highest BCUT2D eigenvalue weighted by Gasteiger charge is 2.31. The molecule has 0 bridgehead atoms. The van der Waals surface area contributed by atoms with Gasteiger partial charge in [-0.1, -0.05) is 13.3 Å². The molecular weight excluding hydrogens is 292 g/mol. The van der Waals surface area contributed by atoms with Gasteiger partial charge in [0, 0.05) is 6.07 Å². The van der Waals surface area contributed by atoms with Gasteiger partial charge in [0.2, 0.25) is 0 Å². The summed E-state index contributed by atoms with van der Waals surface area (Å²) in [6.07, 6.45) is 0.313. The van der Waals surface area contributed by atoms with Crippen molar-refractivity contribution in [2.75, 3.05) is 5.73 Å². The van der Waals surface area contributed by atoms with Gasteiger partial charge < -0.3 is 15.6 Å². The average molecular weight is 310 g/mol. The van der Waals surface area contributed by atoms with E-state index in [9.17, 15) is 24.8 Å². The number of aromatic carboxylic acids is 1. The lowest BCUT2D eigenvalue weighted by Crippen LogP contribution is -2.20. The van der Waals surface area contributed by atoms with Crippen molar-refractivity contribution >= 4 is 23.3 Å². The van der Waals surface area contributed by atoms with Gasteiger partial charge in [-0.3, -0.25) is 10.1 Å². The first kappa shape index (κ1) is 17.4. The number of nitrogens with zero attached hydrogens (tertiary/aromatic N) is 1. The molecule has 0 heterocycles. The summed E-state index contributed by atoms with van der Waals surface area (Å²) >= 11 is 0. The van der Waals surface area contributed by atoms with Gasteiger partial charge >= 0.3 is 11.9 Å². The van der Waals surface area contributed by atoms with E-state index in [1.165, 1.54) is 0 Å². The largest absolute Gasteiger partial charge is 0.478 e. The first-order valence-electron chi connectivity index (χ1n) is 6.74. The number of rotatable bonds is 6. The van der Waals surface area contributed by atoms with Gasteiger partial charge in [0.15, 0.2) is 0 Å². The van der Waals surface area contributed by atoms with Crippen LogP contribution in [-0.2, 0) is 11.2 Å². The van der Waals surface area contributed by atoms with Crippen LogP contribution in [-0.4, -0.2) is 28.1 Å². The molecule has 0 fully saturated rings. The molecule has 22 heavy (non-hydrogen) atoms. The molecule has 0 spiro atoms. The summed E-state index contributed by atoms with van der Waals surface area (Å²) in [5.74, 6) is -2.35. The zero-order valence-electron chi connectivity index (χ0n) is 12.6. The highest BCUT2D eigenvalue weighted by atomic mass is 16.6. The Labute approximate surface area is 127 Å². The minimum Gasteiger partial charge on any atom is -0.478 e. The maximum absolute atomic E-state index is 12.1. The van der Waals surface area contributed by atoms with E-state index < -0.39 is 39.9 Å². The maximum Gasteiger partial charge on any atom is 0.341 e. The predicted molar refractivity (Wildman–Crippen MR) is 79.0 cm³/mol. The number of aryl methyl sites for hydroxylation is 1. The summed E-state index contributed by atoms with van der Waals surface area (Å²) in [6, 6.07) is 1.11. The van der Waals surface area contributed by atoms with E-state index in [4.69, 9.17) is 10.5 Å². The lowest BCUT2D eigenvalue weighted by atomic mass is 9.95. The Morgan fingerprint density at radius 1 is 1.41 bits per heavy atom. The van der Waals surface area contributed by atoms with Gasteiger partial charge in [0.25, 0.3) is 5.69 Å². The van der Waals surface area contributed by atoms with Crippen LogP contribution in [0.15, 0.2) is 6.07 Å². The number of benzene rings is 1. The van der Waals surface area contributed by atoms with Crippen LogP contribution in [0.5, 0.6) is 0 Å². The van der Waals surface area contributed by atoms with Crippen LogP contribution >= 0.6 is 0 Å². The molecule has 0 aliphatic heterocycles. The molecule has 120 valence electrons. The number of nitro benzene ring substituents is 1. The summed E-state index contributed by atoms with van der Waals surface area (Å²) in [7, 11) is 0. The molecule has 1 aromatic carbocycles. The summed E-state index contributed by atoms with van der Waals surface area (Å²) in [4.78, 5) is 34.0. The Morgan fingerprint density at radius 3 is 2.41 bits per heavy atom. The topological polar surface area (TPSA) is 133 Å². The Bertz CT molecular complexity index is 624. The molecule has 0 aliphatic rings. The van der Waals surface area contributed by atoms with Crippen LogP contribution in [0, 0.1) is 10.1 Å². The fourth-order valence-electron chi connectivity index (χ4n) is 2.09. The van der Waals surface area contributed by atoms with E-state index in [2.05, 4.69) is 0 Å². The molecule has 0 saturated heterocycles. The van der Waals surface area contributed by atoms with Crippen molar-refractivity contribution in [3.63, 3.8) is 0 Å². The minimum atomic E-state index is -1.37. The zero-order chi connectivity index (χ0) is 17.0. The third-order valence-electron chi connectivity index (χ3n) is 2.90. The van der Waals surface area contributed by atoms with Crippen LogP contribution < -0.4 is 5.73 Å². The number of carboxylic acids is 1. The third-order valence-corrected chi connectivity index (χ3v) is 2.90. The van der Waals surface area contributed by atoms with E-state index in [-0.39, 0.29) is 17.5 Å². The fraction of sp³-hybridized carbons (Fsp3) is 0.429. The van der Waals surface area contributed by atoms with E-state index in [1.807, 2.05) is 0 Å². The van der Waals surface area contributed by atoms with Crippen LogP contribution in [0.25, 0.3) is 0 Å². The van der Waals surface area contributed by atoms with E-state index in [1.54, 1.807) is 20.8 Å². The monoisotopic (exact) mass is 310 g/mol. The summed E-state index contributed by atoms with van der Waals surface area (Å²) in [5.41, 5.74) is 4.06. The lowest BCUT2D eigenvalue weighted by molar-refractivity contribution is -0.384. The second-order valence-corrected chi connectivity index (χ2v) is 4.98. The number of carbonyl (C=O) groups is 2. The molecule has 8 heteroatoms. The van der Waals surface area contributed by atoms with Crippen molar-refractivity contribution in [3.8, 4) is 0 Å². The zero-order valence-corrected chi connectivity index (χ0v) is 12.6. The van der Waals surface area contributed by atoms with Crippen LogP contribution in [0.2, 0.25) is 0 Å². The van der Waals surface area contributed by atoms with Crippen molar-refractivity contribution in [2.24, 2.45) is 0 Å². The normalized spacial score (nSPS) is 10.5. The third kappa shape index (κ3) is 3.51. The number of hydrogen-bond donors (Lipinski definition) is 2. The van der Waals surface area contributed by atoms with Crippen molar-refractivity contribution in [2.45, 2.75) is 39.7 Å². The van der Waals surface area contributed by atoms with Crippen LogP contribution in [0.3, 0.4) is 0 Å². The molecule has 1 rings (SSSR count). The van der Waals surface area contributed by atoms with E-state index in [0.717, 1.165) is 6.07 Å². The Balaban J connectivity index is 3.70. The first-order valence-corrected chi connectivity index (χ1v) is 6.74. The molecule has 3 N–H and O–H groups in total. The van der Waals surface area contributed by atoms with Gasteiger partial charge in [0.1, 0.15) is 11.3 Å². The number of nitro groups is 1. The Kier molecular flexibility index (Phi) is 5.44. The molecule has 8 nitrogen and oxygen atoms in total. The molecule has 0 aromatic heterocycles. The standard InChI is InChI=1S/C14H18N2O6/c1-4-5-8-6-9(16(20)21)12(15)11(10(8)13(17)18)14(19)22-7(2)3/h6-7H,4-5,15H2,1-3H3,(H,17,18). The number of hydrogen-bond acceptors (Lipinski definition) is 6. The molecule has 0 radical (unpaired) electrons. The van der Waals surface area contributed by atoms with Gasteiger partial charge in [-0.15, -0.1) is 0 Å². The second kappa shape index (κ2) is 6.88. The average Bonchev–Trinajstić information content (AvgIpc) is 2.38. The number of ether oxygens (including phenoxy) is 1. The molecule has 0 amide bonds. The molecule has 0 aliphatic carbocycles. The van der Waals surface area contributed by atoms with E-state index in [0.29, 0.717) is 6.42 Å². The smallest absolute Gasteiger partial charge is 0.341 e. The minimum absolute atomic E-state index is 0.187. The quantitative estimate of drug-likeness (QED) is 0.356. The van der Waals surface area contributed by atoms with Crippen LogP contribution in [0.4, 0.5) is 11.4 Å². The molecule has 1 aromatic rings. The molecule has 0 unspecified atom stereocenters. The van der Waals surface area contributed by atoms with Crippen LogP contribution in [0.1, 0.15) is 53.5 Å². The summed E-state index contributed by atoms with van der Waals surface area (Å²) < 4.78 is 4.97. The number of nitrogens with two attached hydrogens (primary N) is 1. The van der Waals surface area contributed by atoms with Crippen molar-refractivity contribution in [1.29, 1.82) is 0 Å². The fourth-order valence-corrected chi connectivity index (χ4v) is 2.09. The Hall–Kier alpha value is -2.64. The second-order valence-electron chi connectivity index (χ2n) is 4.98. The number of carbonyl (C=O) groups excluding carboxylic acids is 1. The molecule has 0 saturated carbocycles. The number of nitrogen functional groups attached to an aromatic ring is 1. The SMILES string of the molecule is CCCc1cc([N+](=O)[O-])c(N)c(C(=O)OC(C)C)c1C(=O)O. The number of carboxylic acid groups (broad SMARTS) is 1. The summed E-state index contributed by atoms with van der Waals surface area (Å²) in [5, 5.41) is 20.5. The van der Waals surface area contributed by atoms with Crippen molar-refractivity contribution in [3.05, 3.63) is 32.9 Å². The van der Waals surface area contributed by atoms with Gasteiger partial charge in [-0.05, 0) is 25.8 Å². The van der Waals surface area contributed by atoms with Crippen molar-refractivity contribution < 1.29 is 24.4 Å². The summed E-state index contributed by atoms with van der Waals surface area (Å²) in [6.45, 7) is 4.96. The Morgan fingerprint density at radius 2 is 2.00 bits per heavy atom. The lowest BCUT2D eigenvalue weighted by Gasteiger charge is -2.15. The van der Waals surface area contributed by atoms with Crippen molar-refractivity contribution in [1.82, 2.24) is 0 Å². The number of esters is 1. The highest BCUT2D eigenvalue weighted by Crippen LogP contribution is 2.33. The van der Waals surface area contributed by atoms with Gasteiger partial charge in [-0.25, -0.2) is 9.59 Å². The predicted octanol–water partition coefficient (Wildman–Crippen LogP) is 2.39. The first-order chi connectivity index (χ1) is 10.2. The van der Waals surface area contributed by atoms with Gasteiger partial charge in [0.05, 0.1) is 16.6 Å².